The molecule has 0 aliphatic heterocycles. The van der Waals surface area contributed by atoms with E-state index in [1.54, 1.807) is 18.3 Å². The molecule has 1 rings (SSSR count). The smallest absolute Gasteiger partial charge is 0.123 e. The van der Waals surface area contributed by atoms with Crippen LogP contribution in [0.25, 0.3) is 0 Å². The van der Waals surface area contributed by atoms with Crippen molar-refractivity contribution >= 4 is 5.71 Å². The number of hydrogen-bond donors (Lipinski definition) is 0. The van der Waals surface area contributed by atoms with Gasteiger partial charge in [-0.2, -0.15) is 0 Å². The predicted octanol–water partition coefficient (Wildman–Crippen LogP) is 6.11. The molecule has 0 saturated heterocycles. The monoisotopic (exact) mass is 277 g/mol. The molecule has 0 aromatic heterocycles. The Labute approximate surface area is 124 Å². The Hall–Kier alpha value is -1.70. The van der Waals surface area contributed by atoms with E-state index in [1.165, 1.54) is 12.1 Å². The van der Waals surface area contributed by atoms with Gasteiger partial charge in [-0.3, -0.25) is 4.99 Å². The van der Waals surface area contributed by atoms with Crippen LogP contribution in [0.4, 0.5) is 4.39 Å². The number of halogens is 1. The van der Waals surface area contributed by atoms with Crippen molar-refractivity contribution in [1.82, 2.24) is 0 Å². The zero-order chi connectivity index (χ0) is 16.0. The van der Waals surface area contributed by atoms with Gasteiger partial charge in [-0.25, -0.2) is 4.39 Å². The second kappa shape index (κ2) is 13.7. The summed E-state index contributed by atoms with van der Waals surface area (Å²) in [4.78, 5) is 4.16. The van der Waals surface area contributed by atoms with Crippen molar-refractivity contribution in [3.05, 3.63) is 60.1 Å². The Morgan fingerprint density at radius 1 is 1.20 bits per heavy atom. The van der Waals surface area contributed by atoms with Crippen molar-refractivity contribution in [3.8, 4) is 0 Å². The van der Waals surface area contributed by atoms with E-state index in [4.69, 9.17) is 0 Å². The topological polar surface area (TPSA) is 12.4 Å². The molecule has 0 aliphatic rings. The van der Waals surface area contributed by atoms with Crippen molar-refractivity contribution in [1.29, 1.82) is 0 Å². The van der Waals surface area contributed by atoms with Crippen LogP contribution in [0, 0.1) is 12.7 Å². The molecular weight excluding hydrogens is 249 g/mol. The van der Waals surface area contributed by atoms with E-state index in [0.29, 0.717) is 0 Å². The largest absolute Gasteiger partial charge is 0.266 e. The van der Waals surface area contributed by atoms with Gasteiger partial charge >= 0.3 is 0 Å². The normalized spacial score (nSPS) is 10.2. The standard InChI is InChI=1S/C9H15N.C7H7F.C2H6/c1-5-9(4)10-7-6-8(2)3;1-6-2-4-7(8)5-3-6;1-2/h6-7H,2,5H2,1,3-4H3;2-5H,1H3;1-2H3/b7-6-,10-9?;;. The lowest BCUT2D eigenvalue weighted by Gasteiger charge is -1.88. The van der Waals surface area contributed by atoms with Crippen LogP contribution in [-0.4, -0.2) is 5.71 Å². The zero-order valence-electron chi connectivity index (χ0n) is 13.7. The molecule has 1 aromatic rings. The van der Waals surface area contributed by atoms with Gasteiger partial charge in [0.25, 0.3) is 0 Å². The molecule has 0 aliphatic carbocycles. The molecule has 0 bridgehead atoms. The number of benzene rings is 1. The minimum absolute atomic E-state index is 0.171. The molecule has 1 aromatic carbocycles. The number of rotatable bonds is 3. The van der Waals surface area contributed by atoms with Crippen LogP contribution in [0.15, 0.2) is 53.7 Å². The Morgan fingerprint density at radius 2 is 1.70 bits per heavy atom. The highest BCUT2D eigenvalue weighted by molar-refractivity contribution is 5.82. The van der Waals surface area contributed by atoms with Gasteiger partial charge in [0.05, 0.1) is 0 Å². The minimum Gasteiger partial charge on any atom is -0.266 e. The first-order valence-electron chi connectivity index (χ1n) is 7.03. The first kappa shape index (κ1) is 20.6. The molecule has 0 unspecified atom stereocenters. The maximum atomic E-state index is 12.1. The molecule has 0 saturated carbocycles. The van der Waals surface area contributed by atoms with Crippen molar-refractivity contribution in [2.24, 2.45) is 4.99 Å². The predicted molar refractivity (Wildman–Crippen MR) is 89.8 cm³/mol. The Morgan fingerprint density at radius 3 is 2.05 bits per heavy atom. The molecule has 20 heavy (non-hydrogen) atoms. The summed E-state index contributed by atoms with van der Waals surface area (Å²) in [5.41, 5.74) is 3.27. The second-order valence-corrected chi connectivity index (χ2v) is 4.18. The van der Waals surface area contributed by atoms with Gasteiger partial charge < -0.3 is 0 Å². The number of aryl methyl sites for hydroxylation is 1. The van der Waals surface area contributed by atoms with Crippen molar-refractivity contribution < 1.29 is 4.39 Å². The third kappa shape index (κ3) is 14.4. The minimum atomic E-state index is -0.171. The van der Waals surface area contributed by atoms with E-state index in [-0.39, 0.29) is 5.82 Å². The maximum Gasteiger partial charge on any atom is 0.123 e. The zero-order valence-corrected chi connectivity index (χ0v) is 13.7. The molecule has 0 heterocycles. The first-order valence-corrected chi connectivity index (χ1v) is 7.03. The third-order valence-corrected chi connectivity index (χ3v) is 2.18. The average molecular weight is 277 g/mol. The summed E-state index contributed by atoms with van der Waals surface area (Å²) in [7, 11) is 0. The Kier molecular flexibility index (Phi) is 14.1. The van der Waals surface area contributed by atoms with Gasteiger partial charge in [0.1, 0.15) is 5.82 Å². The van der Waals surface area contributed by atoms with E-state index in [9.17, 15) is 4.39 Å². The summed E-state index contributed by atoms with van der Waals surface area (Å²) in [6.07, 6.45) is 4.71. The summed E-state index contributed by atoms with van der Waals surface area (Å²) in [5.74, 6) is -0.171. The molecule has 112 valence electrons. The molecule has 0 N–H and O–H groups in total. The van der Waals surface area contributed by atoms with Crippen molar-refractivity contribution in [2.75, 3.05) is 0 Å². The summed E-state index contributed by atoms with van der Waals surface area (Å²) in [6.45, 7) is 15.7. The molecule has 2 heteroatoms. The molecular formula is C18H28FN. The number of nitrogens with zero attached hydrogens (tertiary/aromatic N) is 1. The molecule has 0 atom stereocenters. The molecule has 1 nitrogen and oxygen atoms in total. The van der Waals surface area contributed by atoms with Gasteiger partial charge in [0.15, 0.2) is 0 Å². The van der Waals surface area contributed by atoms with Gasteiger partial charge in [0, 0.05) is 11.9 Å². The quantitative estimate of drug-likeness (QED) is 0.467. The summed E-state index contributed by atoms with van der Waals surface area (Å²) < 4.78 is 12.1. The molecule has 0 amide bonds. The maximum absolute atomic E-state index is 12.1. The number of hydrogen-bond acceptors (Lipinski definition) is 1. The lowest BCUT2D eigenvalue weighted by atomic mass is 10.2. The summed E-state index contributed by atoms with van der Waals surface area (Å²) in [5, 5.41) is 0. The highest BCUT2D eigenvalue weighted by Gasteiger charge is 1.83. The highest BCUT2D eigenvalue weighted by Crippen LogP contribution is 1.98. The first-order chi connectivity index (χ1) is 9.45. The van der Waals surface area contributed by atoms with Gasteiger partial charge in [-0.05, 0) is 45.4 Å². The van der Waals surface area contributed by atoms with E-state index >= 15 is 0 Å². The van der Waals surface area contributed by atoms with Crippen LogP contribution < -0.4 is 0 Å². The second-order valence-electron chi connectivity index (χ2n) is 4.18. The van der Waals surface area contributed by atoms with Crippen molar-refractivity contribution in [3.63, 3.8) is 0 Å². The van der Waals surface area contributed by atoms with E-state index in [2.05, 4.69) is 18.5 Å². The van der Waals surface area contributed by atoms with Crippen molar-refractivity contribution in [2.45, 2.75) is 48.0 Å². The van der Waals surface area contributed by atoms with E-state index in [1.807, 2.05) is 40.7 Å². The highest BCUT2D eigenvalue weighted by atomic mass is 19.1. The Balaban J connectivity index is 0. The third-order valence-electron chi connectivity index (χ3n) is 2.18. The molecule has 0 fully saturated rings. The van der Waals surface area contributed by atoms with E-state index < -0.39 is 0 Å². The van der Waals surface area contributed by atoms with E-state index in [0.717, 1.165) is 23.3 Å². The van der Waals surface area contributed by atoms with Gasteiger partial charge in [-0.15, -0.1) is 0 Å². The summed E-state index contributed by atoms with van der Waals surface area (Å²) in [6, 6.07) is 6.40. The van der Waals surface area contributed by atoms with Gasteiger partial charge in [-0.1, -0.05) is 50.6 Å². The van der Waals surface area contributed by atoms with Crippen LogP contribution in [0.5, 0.6) is 0 Å². The molecule has 0 spiro atoms. The van der Waals surface area contributed by atoms with Gasteiger partial charge in [0.2, 0.25) is 0 Å². The number of allylic oxidation sites excluding steroid dienone is 2. The fraction of sp³-hybridized carbons (Fsp3) is 0.389. The van der Waals surface area contributed by atoms with Crippen LogP contribution >= 0.6 is 0 Å². The Bertz CT molecular complexity index is 393. The van der Waals surface area contributed by atoms with Crippen LogP contribution in [0.3, 0.4) is 0 Å². The lowest BCUT2D eigenvalue weighted by Crippen LogP contribution is -1.83. The molecule has 0 radical (unpaired) electrons. The fourth-order valence-corrected chi connectivity index (χ4v) is 0.916. The lowest BCUT2D eigenvalue weighted by molar-refractivity contribution is 0.627. The fourth-order valence-electron chi connectivity index (χ4n) is 0.916. The SMILES string of the molecule is C=C(C)/C=C\N=C(C)CC.CC.Cc1ccc(F)cc1. The number of aliphatic imine (C=N–C) groups is 1. The summed E-state index contributed by atoms with van der Waals surface area (Å²) >= 11 is 0. The van der Waals surface area contributed by atoms with Crippen LogP contribution in [-0.2, 0) is 0 Å². The van der Waals surface area contributed by atoms with Crippen LogP contribution in [0.1, 0.15) is 46.6 Å². The van der Waals surface area contributed by atoms with Crippen LogP contribution in [0.2, 0.25) is 0 Å². The average Bonchev–Trinajstić information content (AvgIpc) is 2.44.